The van der Waals surface area contributed by atoms with E-state index in [1.807, 2.05) is 30.3 Å². The molecule has 0 amide bonds. The average Bonchev–Trinajstić information content (AvgIpc) is 2.42. The molecule has 0 saturated carbocycles. The van der Waals surface area contributed by atoms with Gasteiger partial charge in [-0.05, 0) is 22.7 Å². The zero-order valence-corrected chi connectivity index (χ0v) is 11.9. The molecule has 0 spiro atoms. The number of rotatable bonds is 5. The first-order valence-electron chi connectivity index (χ1n) is 5.93. The van der Waals surface area contributed by atoms with Crippen molar-refractivity contribution in [2.75, 3.05) is 0 Å². The van der Waals surface area contributed by atoms with Crippen molar-refractivity contribution < 1.29 is 14.8 Å². The van der Waals surface area contributed by atoms with E-state index in [2.05, 4.69) is 15.9 Å². The molecule has 0 radical (unpaired) electrons. The molecule has 0 aliphatic rings. The maximum Gasteiger partial charge on any atom is 0.488 e. The van der Waals surface area contributed by atoms with Crippen LogP contribution in [0.5, 0.6) is 0 Å². The van der Waals surface area contributed by atoms with Crippen LogP contribution >= 0.6 is 15.9 Å². The smallest absolute Gasteiger partial charge is 0.423 e. The molecule has 0 fully saturated rings. The highest BCUT2D eigenvalue weighted by molar-refractivity contribution is 9.10. The molecule has 2 aromatic carbocycles. The van der Waals surface area contributed by atoms with Gasteiger partial charge in [0.15, 0.2) is 0 Å². The molecule has 2 aromatic rings. The van der Waals surface area contributed by atoms with Crippen molar-refractivity contribution in [1.82, 2.24) is 0 Å². The van der Waals surface area contributed by atoms with Crippen LogP contribution in [0.25, 0.3) is 0 Å². The molecule has 0 unspecified atom stereocenters. The van der Waals surface area contributed by atoms with Crippen LogP contribution in [0.4, 0.5) is 0 Å². The van der Waals surface area contributed by atoms with Gasteiger partial charge in [-0.2, -0.15) is 0 Å². The lowest BCUT2D eigenvalue weighted by Crippen LogP contribution is -2.30. The van der Waals surface area contributed by atoms with E-state index in [9.17, 15) is 0 Å². The fourth-order valence-corrected chi connectivity index (χ4v) is 2.08. The van der Waals surface area contributed by atoms with Crippen molar-refractivity contribution >= 4 is 28.5 Å². The van der Waals surface area contributed by atoms with Crippen molar-refractivity contribution in [3.8, 4) is 0 Å². The van der Waals surface area contributed by atoms with Gasteiger partial charge in [0.1, 0.15) is 0 Å². The Balaban J connectivity index is 1.97. The van der Waals surface area contributed by atoms with Gasteiger partial charge in [-0.15, -0.1) is 0 Å². The average molecular weight is 321 g/mol. The van der Waals surface area contributed by atoms with Gasteiger partial charge in [-0.25, -0.2) is 0 Å². The van der Waals surface area contributed by atoms with E-state index in [-0.39, 0.29) is 0 Å². The monoisotopic (exact) mass is 320 g/mol. The summed E-state index contributed by atoms with van der Waals surface area (Å²) in [6.07, 6.45) is 0. The van der Waals surface area contributed by atoms with Gasteiger partial charge in [0.05, 0.1) is 13.2 Å². The molecule has 0 saturated heterocycles. The summed E-state index contributed by atoms with van der Waals surface area (Å²) in [6, 6.07) is 15.1. The molecule has 98 valence electrons. The molecule has 5 heteroatoms. The molecule has 19 heavy (non-hydrogen) atoms. The quantitative estimate of drug-likeness (QED) is 0.827. The molecule has 0 heterocycles. The van der Waals surface area contributed by atoms with Gasteiger partial charge in [-0.3, -0.25) is 0 Å². The Morgan fingerprint density at radius 3 is 2.42 bits per heavy atom. The highest BCUT2D eigenvalue weighted by Gasteiger charge is 2.12. The Morgan fingerprint density at radius 1 is 1.00 bits per heavy atom. The van der Waals surface area contributed by atoms with Crippen molar-refractivity contribution in [2.45, 2.75) is 13.2 Å². The predicted octanol–water partition coefficient (Wildman–Crippen LogP) is 1.85. The summed E-state index contributed by atoms with van der Waals surface area (Å²) in [5.41, 5.74) is 2.46. The third-order valence-corrected chi connectivity index (χ3v) is 3.51. The summed E-state index contributed by atoms with van der Waals surface area (Å²) in [6.45, 7) is 0.940. The van der Waals surface area contributed by atoms with E-state index >= 15 is 0 Å². The zero-order chi connectivity index (χ0) is 13.7. The molecule has 2 N–H and O–H groups in total. The van der Waals surface area contributed by atoms with E-state index < -0.39 is 7.12 Å². The molecule has 0 bridgehead atoms. The lowest BCUT2D eigenvalue weighted by atomic mass is 9.80. The highest BCUT2D eigenvalue weighted by Crippen LogP contribution is 2.16. The van der Waals surface area contributed by atoms with Gasteiger partial charge >= 0.3 is 7.12 Å². The molecule has 0 aliphatic heterocycles. The summed E-state index contributed by atoms with van der Waals surface area (Å²) in [5.74, 6) is 0. The molecule has 2 rings (SSSR count). The first-order valence-corrected chi connectivity index (χ1v) is 6.72. The first-order chi connectivity index (χ1) is 9.16. The second kappa shape index (κ2) is 6.87. The van der Waals surface area contributed by atoms with Crippen LogP contribution < -0.4 is 5.46 Å². The Hall–Kier alpha value is -1.14. The summed E-state index contributed by atoms with van der Waals surface area (Å²) in [4.78, 5) is 0. The zero-order valence-electron chi connectivity index (χ0n) is 10.3. The third kappa shape index (κ3) is 4.18. The fraction of sp³-hybridized carbons (Fsp3) is 0.143. The third-order valence-electron chi connectivity index (χ3n) is 2.74. The van der Waals surface area contributed by atoms with E-state index in [0.717, 1.165) is 15.6 Å². The maximum atomic E-state index is 9.14. The molecule has 0 aromatic heterocycles. The minimum absolute atomic E-state index is 0.413. The predicted molar refractivity (Wildman–Crippen MR) is 78.9 cm³/mol. The van der Waals surface area contributed by atoms with Crippen molar-refractivity contribution in [3.05, 3.63) is 64.1 Å². The van der Waals surface area contributed by atoms with Crippen LogP contribution in [-0.4, -0.2) is 17.2 Å². The van der Waals surface area contributed by atoms with Gasteiger partial charge in [0.25, 0.3) is 0 Å². The Bertz CT molecular complexity index is 531. The van der Waals surface area contributed by atoms with Gasteiger partial charge < -0.3 is 14.8 Å². The van der Waals surface area contributed by atoms with Crippen LogP contribution in [0.3, 0.4) is 0 Å². The van der Waals surface area contributed by atoms with Crippen molar-refractivity contribution in [3.63, 3.8) is 0 Å². The van der Waals surface area contributed by atoms with Crippen LogP contribution in [0, 0.1) is 0 Å². The highest BCUT2D eigenvalue weighted by atomic mass is 79.9. The Morgan fingerprint density at radius 2 is 1.74 bits per heavy atom. The van der Waals surface area contributed by atoms with Crippen LogP contribution in [0.2, 0.25) is 0 Å². The van der Waals surface area contributed by atoms with Crippen LogP contribution in [-0.2, 0) is 18.0 Å². The van der Waals surface area contributed by atoms with E-state index in [0.29, 0.717) is 18.7 Å². The molecular formula is C14H14BBrO3. The van der Waals surface area contributed by atoms with Crippen molar-refractivity contribution in [2.24, 2.45) is 0 Å². The topological polar surface area (TPSA) is 49.7 Å². The van der Waals surface area contributed by atoms with E-state index in [1.54, 1.807) is 18.2 Å². The van der Waals surface area contributed by atoms with Crippen LogP contribution in [0.15, 0.2) is 53.0 Å². The Kier molecular flexibility index (Phi) is 5.16. The summed E-state index contributed by atoms with van der Waals surface area (Å²) >= 11 is 3.42. The largest absolute Gasteiger partial charge is 0.488 e. The van der Waals surface area contributed by atoms with E-state index in [1.165, 1.54) is 0 Å². The standard InChI is InChI=1S/C14H14BBrO3/c16-14-7-6-13(15(17)18)8-12(14)10-19-9-11-4-2-1-3-5-11/h1-8,17-18H,9-10H2. The number of hydrogen-bond donors (Lipinski definition) is 2. The lowest BCUT2D eigenvalue weighted by molar-refractivity contribution is 0.107. The molecule has 0 aliphatic carbocycles. The first kappa shape index (κ1) is 14.3. The normalized spacial score (nSPS) is 10.5. The van der Waals surface area contributed by atoms with Crippen LogP contribution in [0.1, 0.15) is 11.1 Å². The summed E-state index contributed by atoms with van der Waals surface area (Å²) in [5, 5.41) is 18.3. The maximum absolute atomic E-state index is 9.14. The Labute approximate surface area is 121 Å². The van der Waals surface area contributed by atoms with Gasteiger partial charge in [0.2, 0.25) is 0 Å². The molecular weight excluding hydrogens is 307 g/mol. The summed E-state index contributed by atoms with van der Waals surface area (Å²) < 4.78 is 6.52. The number of benzene rings is 2. The minimum atomic E-state index is -1.46. The second-order valence-corrected chi connectivity index (χ2v) is 5.06. The molecule has 3 nitrogen and oxygen atoms in total. The fourth-order valence-electron chi connectivity index (χ4n) is 1.72. The van der Waals surface area contributed by atoms with E-state index in [4.69, 9.17) is 14.8 Å². The van der Waals surface area contributed by atoms with Gasteiger partial charge in [-0.1, -0.05) is 58.4 Å². The number of halogens is 1. The SMILES string of the molecule is OB(O)c1ccc(Br)c(COCc2ccccc2)c1. The lowest BCUT2D eigenvalue weighted by Gasteiger charge is -2.09. The van der Waals surface area contributed by atoms with Crippen molar-refractivity contribution in [1.29, 1.82) is 0 Å². The number of hydrogen-bond acceptors (Lipinski definition) is 3. The summed E-state index contributed by atoms with van der Waals surface area (Å²) in [7, 11) is -1.46. The van der Waals surface area contributed by atoms with Gasteiger partial charge in [0, 0.05) is 4.47 Å². The second-order valence-electron chi connectivity index (χ2n) is 4.20. The number of ether oxygens (including phenoxy) is 1. The minimum Gasteiger partial charge on any atom is -0.423 e. The molecule has 0 atom stereocenters.